The zero-order valence-electron chi connectivity index (χ0n) is 9.76. The van der Waals surface area contributed by atoms with Crippen LogP contribution in [0.1, 0.15) is 6.92 Å². The highest BCUT2D eigenvalue weighted by molar-refractivity contribution is 5.86. The van der Waals surface area contributed by atoms with Crippen LogP contribution in [0.25, 0.3) is 0 Å². The highest BCUT2D eigenvalue weighted by atomic mass is 19.4. The van der Waals surface area contributed by atoms with Gasteiger partial charge < -0.3 is 9.84 Å². The Morgan fingerprint density at radius 3 is 1.84 bits per heavy atom. The van der Waals surface area contributed by atoms with Gasteiger partial charge in [0.15, 0.2) is 6.61 Å². The SMILES string of the molecule is C=C(C)C(=O)OCC(F)(F)C(F)(F)F.C=CC(=O)O. The molecule has 9 heteroatoms. The van der Waals surface area contributed by atoms with E-state index in [0.29, 0.717) is 0 Å². The van der Waals surface area contributed by atoms with Crippen molar-refractivity contribution < 1.29 is 41.4 Å². The maximum Gasteiger partial charge on any atom is 0.456 e. The lowest BCUT2D eigenvalue weighted by molar-refractivity contribution is -0.293. The van der Waals surface area contributed by atoms with Crippen molar-refractivity contribution in [1.29, 1.82) is 0 Å². The van der Waals surface area contributed by atoms with Crippen LogP contribution < -0.4 is 0 Å². The predicted molar refractivity (Wildman–Crippen MR) is 54.6 cm³/mol. The molecule has 0 aliphatic heterocycles. The van der Waals surface area contributed by atoms with E-state index in [0.717, 1.165) is 13.0 Å². The summed E-state index contributed by atoms with van der Waals surface area (Å²) < 4.78 is 62.5. The van der Waals surface area contributed by atoms with Gasteiger partial charge in [-0.1, -0.05) is 13.2 Å². The van der Waals surface area contributed by atoms with Gasteiger partial charge in [-0.05, 0) is 6.92 Å². The summed E-state index contributed by atoms with van der Waals surface area (Å²) in [7, 11) is 0. The Labute approximate surface area is 105 Å². The molecule has 0 aliphatic carbocycles. The number of hydrogen-bond acceptors (Lipinski definition) is 3. The van der Waals surface area contributed by atoms with Gasteiger partial charge in [0.25, 0.3) is 0 Å². The Kier molecular flexibility index (Phi) is 7.65. The van der Waals surface area contributed by atoms with Crippen molar-refractivity contribution in [1.82, 2.24) is 0 Å². The van der Waals surface area contributed by atoms with Gasteiger partial charge in [0.2, 0.25) is 0 Å². The first kappa shape index (κ1) is 19.4. The van der Waals surface area contributed by atoms with Crippen molar-refractivity contribution in [3.8, 4) is 0 Å². The summed E-state index contributed by atoms with van der Waals surface area (Å²) in [5.74, 6) is -7.29. The molecule has 19 heavy (non-hydrogen) atoms. The molecule has 0 rings (SSSR count). The number of carboxylic acids is 1. The molecule has 0 fully saturated rings. The second-order valence-electron chi connectivity index (χ2n) is 3.10. The van der Waals surface area contributed by atoms with Crippen LogP contribution in [0.15, 0.2) is 24.8 Å². The van der Waals surface area contributed by atoms with Crippen LogP contribution in [-0.4, -0.2) is 35.8 Å². The Morgan fingerprint density at radius 2 is 1.63 bits per heavy atom. The third kappa shape index (κ3) is 8.75. The molecule has 0 unspecified atom stereocenters. The number of ether oxygens (including phenoxy) is 1. The molecule has 0 radical (unpaired) electrons. The van der Waals surface area contributed by atoms with E-state index in [-0.39, 0.29) is 5.57 Å². The minimum absolute atomic E-state index is 0.247. The van der Waals surface area contributed by atoms with Crippen molar-refractivity contribution >= 4 is 11.9 Å². The van der Waals surface area contributed by atoms with Gasteiger partial charge in [-0.25, -0.2) is 9.59 Å². The lowest BCUT2D eigenvalue weighted by Gasteiger charge is -2.18. The van der Waals surface area contributed by atoms with Crippen molar-refractivity contribution in [2.75, 3.05) is 6.61 Å². The van der Waals surface area contributed by atoms with Crippen LogP contribution in [0.5, 0.6) is 0 Å². The van der Waals surface area contributed by atoms with Crippen LogP contribution in [0, 0.1) is 0 Å². The van der Waals surface area contributed by atoms with Gasteiger partial charge in [0.1, 0.15) is 0 Å². The van der Waals surface area contributed by atoms with Gasteiger partial charge >= 0.3 is 24.0 Å². The van der Waals surface area contributed by atoms with Crippen LogP contribution in [0.2, 0.25) is 0 Å². The number of hydrogen-bond donors (Lipinski definition) is 1. The standard InChI is InChI=1S/C7H7F5O2.C3H4O2/c1-4(2)5(13)14-3-6(8,9)7(10,11)12;1-2-3(4)5/h1,3H2,2H3;2H,1H2,(H,4,5). The highest BCUT2D eigenvalue weighted by Gasteiger charge is 2.58. The molecule has 0 aliphatic rings. The van der Waals surface area contributed by atoms with E-state index in [9.17, 15) is 31.5 Å². The topological polar surface area (TPSA) is 63.6 Å². The molecule has 110 valence electrons. The lowest BCUT2D eigenvalue weighted by atomic mass is 10.3. The van der Waals surface area contributed by atoms with E-state index in [1.807, 2.05) is 0 Å². The molecule has 0 aromatic carbocycles. The van der Waals surface area contributed by atoms with Gasteiger partial charge in [-0.3, -0.25) is 0 Å². The van der Waals surface area contributed by atoms with E-state index < -0.39 is 30.6 Å². The smallest absolute Gasteiger partial charge is 0.456 e. The van der Waals surface area contributed by atoms with E-state index >= 15 is 0 Å². The molecular weight excluding hydrogens is 279 g/mol. The summed E-state index contributed by atoms with van der Waals surface area (Å²) in [6.07, 6.45) is -4.89. The number of alkyl halides is 5. The first-order valence-corrected chi connectivity index (χ1v) is 4.47. The third-order valence-corrected chi connectivity index (χ3v) is 1.32. The summed E-state index contributed by atoms with van der Waals surface area (Å²) in [4.78, 5) is 19.7. The molecule has 0 bridgehead atoms. The Hall–Kier alpha value is -1.93. The number of esters is 1. The number of aliphatic carboxylic acids is 1. The molecule has 1 N–H and O–H groups in total. The van der Waals surface area contributed by atoms with E-state index in [1.54, 1.807) is 0 Å². The molecular formula is C10H11F5O4. The Bertz CT molecular complexity index is 359. The summed E-state index contributed by atoms with van der Waals surface area (Å²) >= 11 is 0. The zero-order chi connectivity index (χ0) is 15.9. The molecule has 0 amide bonds. The maximum atomic E-state index is 12.1. The van der Waals surface area contributed by atoms with Gasteiger partial charge in [0, 0.05) is 11.6 Å². The van der Waals surface area contributed by atoms with Gasteiger partial charge in [-0.15, -0.1) is 0 Å². The normalized spacial score (nSPS) is 10.8. The zero-order valence-corrected chi connectivity index (χ0v) is 9.76. The first-order valence-electron chi connectivity index (χ1n) is 4.47. The number of carbonyl (C=O) groups is 2. The number of carboxylic acid groups (broad SMARTS) is 1. The van der Waals surface area contributed by atoms with E-state index in [4.69, 9.17) is 5.11 Å². The predicted octanol–water partition coefficient (Wildman–Crippen LogP) is 2.56. The summed E-state index contributed by atoms with van der Waals surface area (Å²) in [6, 6.07) is 0. The molecule has 0 atom stereocenters. The Morgan fingerprint density at radius 1 is 1.26 bits per heavy atom. The highest BCUT2D eigenvalue weighted by Crippen LogP contribution is 2.35. The average Bonchev–Trinajstić information content (AvgIpc) is 2.24. The molecule has 0 saturated heterocycles. The molecule has 0 heterocycles. The van der Waals surface area contributed by atoms with Crippen LogP contribution in [-0.2, 0) is 14.3 Å². The van der Waals surface area contributed by atoms with Crippen molar-refractivity contribution in [2.45, 2.75) is 19.0 Å². The lowest BCUT2D eigenvalue weighted by Crippen LogP contribution is -2.41. The fourth-order valence-corrected chi connectivity index (χ4v) is 0.361. The van der Waals surface area contributed by atoms with Crippen LogP contribution in [0.4, 0.5) is 22.0 Å². The molecule has 0 aromatic rings. The van der Waals surface area contributed by atoms with Gasteiger partial charge in [-0.2, -0.15) is 22.0 Å². The fraction of sp³-hybridized carbons (Fsp3) is 0.400. The molecule has 4 nitrogen and oxygen atoms in total. The first-order chi connectivity index (χ1) is 8.35. The van der Waals surface area contributed by atoms with E-state index in [2.05, 4.69) is 17.9 Å². The summed E-state index contributed by atoms with van der Waals surface area (Å²) in [5.41, 5.74) is -0.247. The van der Waals surface area contributed by atoms with Crippen molar-refractivity contribution in [2.24, 2.45) is 0 Å². The number of halogens is 5. The maximum absolute atomic E-state index is 12.1. The van der Waals surface area contributed by atoms with Crippen molar-refractivity contribution in [3.63, 3.8) is 0 Å². The number of rotatable bonds is 4. The average molecular weight is 290 g/mol. The minimum atomic E-state index is -5.72. The second kappa shape index (κ2) is 7.49. The largest absolute Gasteiger partial charge is 0.478 e. The quantitative estimate of drug-likeness (QED) is 0.491. The molecule has 0 aromatic heterocycles. The fourth-order valence-electron chi connectivity index (χ4n) is 0.361. The summed E-state index contributed by atoms with van der Waals surface area (Å²) in [5, 5.41) is 7.60. The van der Waals surface area contributed by atoms with Gasteiger partial charge in [0.05, 0.1) is 0 Å². The Balaban J connectivity index is 0. The van der Waals surface area contributed by atoms with Crippen LogP contribution in [0.3, 0.4) is 0 Å². The minimum Gasteiger partial charge on any atom is -0.478 e. The monoisotopic (exact) mass is 290 g/mol. The van der Waals surface area contributed by atoms with E-state index in [1.165, 1.54) is 0 Å². The molecule has 0 saturated carbocycles. The third-order valence-electron chi connectivity index (χ3n) is 1.32. The van der Waals surface area contributed by atoms with Crippen molar-refractivity contribution in [3.05, 3.63) is 24.8 Å². The summed E-state index contributed by atoms with van der Waals surface area (Å²) in [6.45, 7) is 5.09. The van der Waals surface area contributed by atoms with Crippen LogP contribution >= 0.6 is 0 Å². The second-order valence-corrected chi connectivity index (χ2v) is 3.10. The molecule has 0 spiro atoms. The number of carbonyl (C=O) groups excluding carboxylic acids is 1.